The van der Waals surface area contributed by atoms with Gasteiger partial charge in [0.05, 0.1) is 4.90 Å². The number of carbonyl (C=O) groups excluding carboxylic acids is 2. The lowest BCUT2D eigenvalue weighted by atomic mass is 10.1. The standard InChI is InChI=1S/C21H27N3O4S/c1-5-15(4)24-29(27,28)19-12-8-17(9-13-19)21(26)23-18-10-6-16(7-11-18)20(25)22-14(2)3/h6-15,24H,5H2,1-4H3,(H,22,25)(H,23,26). The summed E-state index contributed by atoms with van der Waals surface area (Å²) < 4.78 is 27.1. The predicted octanol–water partition coefficient (Wildman–Crippen LogP) is 3.15. The average molecular weight is 418 g/mol. The van der Waals surface area contributed by atoms with Crippen molar-refractivity contribution >= 4 is 27.5 Å². The van der Waals surface area contributed by atoms with Gasteiger partial charge in [-0.05, 0) is 75.7 Å². The number of carbonyl (C=O) groups is 2. The molecule has 2 amide bonds. The average Bonchev–Trinajstić information content (AvgIpc) is 2.67. The van der Waals surface area contributed by atoms with Crippen LogP contribution in [0.3, 0.4) is 0 Å². The molecule has 2 aromatic rings. The SMILES string of the molecule is CCC(C)NS(=O)(=O)c1ccc(C(=O)Nc2ccc(C(=O)NC(C)C)cc2)cc1. The van der Waals surface area contributed by atoms with Crippen molar-refractivity contribution in [2.24, 2.45) is 0 Å². The van der Waals surface area contributed by atoms with Crippen molar-refractivity contribution in [3.8, 4) is 0 Å². The summed E-state index contributed by atoms with van der Waals surface area (Å²) in [5.74, 6) is -0.552. The number of anilines is 1. The van der Waals surface area contributed by atoms with E-state index >= 15 is 0 Å². The lowest BCUT2D eigenvalue weighted by Crippen LogP contribution is -2.32. The topological polar surface area (TPSA) is 104 Å². The lowest BCUT2D eigenvalue weighted by molar-refractivity contribution is 0.0942. The Bertz CT molecular complexity index is 952. The highest BCUT2D eigenvalue weighted by Gasteiger charge is 2.17. The highest BCUT2D eigenvalue weighted by atomic mass is 32.2. The van der Waals surface area contributed by atoms with E-state index in [-0.39, 0.29) is 28.8 Å². The van der Waals surface area contributed by atoms with Gasteiger partial charge >= 0.3 is 0 Å². The number of benzene rings is 2. The number of amides is 2. The lowest BCUT2D eigenvalue weighted by Gasteiger charge is -2.12. The van der Waals surface area contributed by atoms with E-state index in [4.69, 9.17) is 0 Å². The molecule has 156 valence electrons. The zero-order valence-corrected chi connectivity index (χ0v) is 17.8. The van der Waals surface area contributed by atoms with Crippen molar-refractivity contribution in [3.05, 3.63) is 59.7 Å². The third kappa shape index (κ3) is 6.40. The quantitative estimate of drug-likeness (QED) is 0.614. The van der Waals surface area contributed by atoms with Crippen LogP contribution in [0.1, 0.15) is 54.8 Å². The van der Waals surface area contributed by atoms with Gasteiger partial charge in [-0.15, -0.1) is 0 Å². The fraction of sp³-hybridized carbons (Fsp3) is 0.333. The van der Waals surface area contributed by atoms with Gasteiger partial charge in [-0.2, -0.15) is 0 Å². The minimum Gasteiger partial charge on any atom is -0.350 e. The fourth-order valence-electron chi connectivity index (χ4n) is 2.46. The second-order valence-electron chi connectivity index (χ2n) is 7.11. The van der Waals surface area contributed by atoms with Crippen LogP contribution in [-0.4, -0.2) is 32.3 Å². The third-order valence-electron chi connectivity index (χ3n) is 4.22. The first-order chi connectivity index (χ1) is 13.6. The monoisotopic (exact) mass is 417 g/mol. The molecule has 0 saturated carbocycles. The Labute approximate surface area is 172 Å². The van der Waals surface area contributed by atoms with E-state index < -0.39 is 10.0 Å². The van der Waals surface area contributed by atoms with Crippen LogP contribution in [0.2, 0.25) is 0 Å². The summed E-state index contributed by atoms with van der Waals surface area (Å²) in [6.45, 7) is 7.44. The van der Waals surface area contributed by atoms with Crippen LogP contribution in [0, 0.1) is 0 Å². The molecule has 1 atom stereocenters. The summed E-state index contributed by atoms with van der Waals surface area (Å²) in [4.78, 5) is 24.5. The minimum absolute atomic E-state index is 0.0362. The van der Waals surface area contributed by atoms with Gasteiger partial charge in [0.1, 0.15) is 0 Å². The van der Waals surface area contributed by atoms with Crippen LogP contribution in [0.15, 0.2) is 53.4 Å². The molecule has 1 unspecified atom stereocenters. The van der Waals surface area contributed by atoms with Gasteiger partial charge in [0.2, 0.25) is 10.0 Å². The van der Waals surface area contributed by atoms with E-state index in [1.807, 2.05) is 20.8 Å². The van der Waals surface area contributed by atoms with E-state index in [0.717, 1.165) is 0 Å². The van der Waals surface area contributed by atoms with E-state index in [0.29, 0.717) is 23.2 Å². The Morgan fingerprint density at radius 3 is 1.90 bits per heavy atom. The molecule has 7 nitrogen and oxygen atoms in total. The zero-order valence-electron chi connectivity index (χ0n) is 17.0. The second-order valence-corrected chi connectivity index (χ2v) is 8.83. The Kier molecular flexibility index (Phi) is 7.53. The zero-order chi connectivity index (χ0) is 21.6. The van der Waals surface area contributed by atoms with Gasteiger partial charge < -0.3 is 10.6 Å². The third-order valence-corrected chi connectivity index (χ3v) is 5.83. The molecule has 0 fully saturated rings. The van der Waals surface area contributed by atoms with E-state index in [1.165, 1.54) is 24.3 Å². The summed E-state index contributed by atoms with van der Waals surface area (Å²) in [6.07, 6.45) is 0.678. The van der Waals surface area contributed by atoms with Crippen LogP contribution in [-0.2, 0) is 10.0 Å². The molecule has 0 heterocycles. The molecule has 29 heavy (non-hydrogen) atoms. The van der Waals surface area contributed by atoms with Gasteiger partial charge in [-0.1, -0.05) is 6.92 Å². The molecular formula is C21H27N3O4S. The molecule has 2 rings (SSSR count). The Morgan fingerprint density at radius 1 is 0.862 bits per heavy atom. The summed E-state index contributed by atoms with van der Waals surface area (Å²) in [5, 5.41) is 5.53. The Morgan fingerprint density at radius 2 is 1.38 bits per heavy atom. The summed E-state index contributed by atoms with van der Waals surface area (Å²) in [5.41, 5.74) is 1.36. The van der Waals surface area contributed by atoms with Crippen LogP contribution in [0.5, 0.6) is 0 Å². The van der Waals surface area contributed by atoms with Crippen molar-refractivity contribution in [1.29, 1.82) is 0 Å². The highest BCUT2D eigenvalue weighted by molar-refractivity contribution is 7.89. The first-order valence-corrected chi connectivity index (χ1v) is 11.0. The molecule has 8 heteroatoms. The van der Waals surface area contributed by atoms with Crippen molar-refractivity contribution < 1.29 is 18.0 Å². The van der Waals surface area contributed by atoms with Gasteiger partial charge in [0.25, 0.3) is 11.8 Å². The van der Waals surface area contributed by atoms with E-state index in [1.54, 1.807) is 31.2 Å². The van der Waals surface area contributed by atoms with Gasteiger partial charge in [-0.3, -0.25) is 9.59 Å². The molecule has 0 saturated heterocycles. The maximum Gasteiger partial charge on any atom is 0.255 e. The summed E-state index contributed by atoms with van der Waals surface area (Å²) in [7, 11) is -3.61. The van der Waals surface area contributed by atoms with Gasteiger partial charge in [-0.25, -0.2) is 13.1 Å². The summed E-state index contributed by atoms with van der Waals surface area (Å²) in [6, 6.07) is 12.1. The Balaban J connectivity index is 2.05. The molecule has 0 radical (unpaired) electrons. The number of rotatable bonds is 8. The van der Waals surface area contributed by atoms with E-state index in [9.17, 15) is 18.0 Å². The second kappa shape index (κ2) is 9.67. The number of sulfonamides is 1. The maximum atomic E-state index is 12.4. The minimum atomic E-state index is -3.61. The number of hydrogen-bond acceptors (Lipinski definition) is 4. The largest absolute Gasteiger partial charge is 0.350 e. The first kappa shape index (κ1) is 22.6. The normalized spacial score (nSPS) is 12.4. The fourth-order valence-corrected chi connectivity index (χ4v) is 3.78. The van der Waals surface area contributed by atoms with Crippen molar-refractivity contribution in [3.63, 3.8) is 0 Å². The predicted molar refractivity (Wildman–Crippen MR) is 114 cm³/mol. The molecule has 3 N–H and O–H groups in total. The van der Waals surface area contributed by atoms with Crippen LogP contribution in [0.4, 0.5) is 5.69 Å². The van der Waals surface area contributed by atoms with Crippen molar-refractivity contribution in [2.75, 3.05) is 5.32 Å². The molecular weight excluding hydrogens is 390 g/mol. The van der Waals surface area contributed by atoms with Crippen molar-refractivity contribution in [1.82, 2.24) is 10.0 Å². The first-order valence-electron chi connectivity index (χ1n) is 9.47. The molecule has 0 aliphatic heterocycles. The molecule has 0 aliphatic carbocycles. The number of nitrogens with one attached hydrogen (secondary N) is 3. The molecule has 0 aromatic heterocycles. The molecule has 0 spiro atoms. The number of hydrogen-bond donors (Lipinski definition) is 3. The molecule has 0 aliphatic rings. The molecule has 0 bridgehead atoms. The molecule has 2 aromatic carbocycles. The van der Waals surface area contributed by atoms with Gasteiger partial charge in [0.15, 0.2) is 0 Å². The van der Waals surface area contributed by atoms with E-state index in [2.05, 4.69) is 15.4 Å². The van der Waals surface area contributed by atoms with Gasteiger partial charge in [0, 0.05) is 28.9 Å². The maximum absolute atomic E-state index is 12.4. The van der Waals surface area contributed by atoms with Crippen LogP contribution < -0.4 is 15.4 Å². The van der Waals surface area contributed by atoms with Crippen LogP contribution in [0.25, 0.3) is 0 Å². The summed E-state index contributed by atoms with van der Waals surface area (Å²) >= 11 is 0. The highest BCUT2D eigenvalue weighted by Crippen LogP contribution is 2.15. The van der Waals surface area contributed by atoms with Crippen molar-refractivity contribution in [2.45, 2.75) is 51.1 Å². The Hall–Kier alpha value is -2.71. The van der Waals surface area contributed by atoms with Crippen LogP contribution >= 0.6 is 0 Å². The smallest absolute Gasteiger partial charge is 0.255 e.